The Morgan fingerprint density at radius 2 is 2.21 bits per heavy atom. The zero-order chi connectivity index (χ0) is 10.6. The third-order valence-corrected chi connectivity index (χ3v) is 2.22. The summed E-state index contributed by atoms with van der Waals surface area (Å²) >= 11 is 0. The van der Waals surface area contributed by atoms with Gasteiger partial charge in [0.15, 0.2) is 0 Å². The van der Waals surface area contributed by atoms with Crippen molar-refractivity contribution >= 4 is 0 Å². The molecule has 0 aliphatic heterocycles. The van der Waals surface area contributed by atoms with Crippen molar-refractivity contribution in [2.75, 3.05) is 0 Å². The van der Waals surface area contributed by atoms with Crippen LogP contribution in [0.3, 0.4) is 0 Å². The molecule has 0 radical (unpaired) electrons. The maximum Gasteiger partial charge on any atom is 0.0802 e. The molecule has 0 saturated heterocycles. The fraction of sp³-hybridized carbons (Fsp3) is 0.417. The standard InChI is InChI=1S/C12H15NO/c1-9-4-3-5-11(6-9)12(14)7-10(2)8-13/h3-6,10,12,14H,7H2,1-2H3. The molecule has 1 aromatic rings. The van der Waals surface area contributed by atoms with E-state index < -0.39 is 6.10 Å². The fourth-order valence-corrected chi connectivity index (χ4v) is 1.40. The lowest BCUT2D eigenvalue weighted by atomic mass is 9.98. The first kappa shape index (κ1) is 10.7. The summed E-state index contributed by atoms with van der Waals surface area (Å²) in [5.41, 5.74) is 2.03. The lowest BCUT2D eigenvalue weighted by Crippen LogP contribution is -2.02. The molecule has 1 N–H and O–H groups in total. The Hall–Kier alpha value is -1.33. The molecule has 0 spiro atoms. The van der Waals surface area contributed by atoms with Gasteiger partial charge in [-0.2, -0.15) is 5.26 Å². The van der Waals surface area contributed by atoms with Gasteiger partial charge in [-0.3, -0.25) is 0 Å². The van der Waals surface area contributed by atoms with E-state index in [0.29, 0.717) is 6.42 Å². The molecule has 2 heteroatoms. The van der Waals surface area contributed by atoms with Gasteiger partial charge in [-0.05, 0) is 25.8 Å². The molecular weight excluding hydrogens is 174 g/mol. The van der Waals surface area contributed by atoms with Crippen LogP contribution < -0.4 is 0 Å². The van der Waals surface area contributed by atoms with Crippen molar-refractivity contribution in [1.82, 2.24) is 0 Å². The van der Waals surface area contributed by atoms with Crippen molar-refractivity contribution in [2.45, 2.75) is 26.4 Å². The SMILES string of the molecule is Cc1cccc(C(O)CC(C)C#N)c1. The van der Waals surface area contributed by atoms with E-state index in [-0.39, 0.29) is 5.92 Å². The average molecular weight is 189 g/mol. The van der Waals surface area contributed by atoms with Gasteiger partial charge in [0.2, 0.25) is 0 Å². The summed E-state index contributed by atoms with van der Waals surface area (Å²) in [5, 5.41) is 18.4. The van der Waals surface area contributed by atoms with Gasteiger partial charge in [0.25, 0.3) is 0 Å². The minimum Gasteiger partial charge on any atom is -0.388 e. The largest absolute Gasteiger partial charge is 0.388 e. The van der Waals surface area contributed by atoms with Crippen molar-refractivity contribution in [3.8, 4) is 6.07 Å². The van der Waals surface area contributed by atoms with Crippen LogP contribution in [-0.2, 0) is 0 Å². The summed E-state index contributed by atoms with van der Waals surface area (Å²) in [7, 11) is 0. The maximum absolute atomic E-state index is 9.80. The Morgan fingerprint density at radius 1 is 1.50 bits per heavy atom. The molecule has 2 atom stereocenters. The molecule has 0 aliphatic carbocycles. The number of nitriles is 1. The van der Waals surface area contributed by atoms with E-state index in [1.54, 1.807) is 0 Å². The van der Waals surface area contributed by atoms with Crippen LogP contribution in [0.25, 0.3) is 0 Å². The summed E-state index contributed by atoms with van der Waals surface area (Å²) < 4.78 is 0. The summed E-state index contributed by atoms with van der Waals surface area (Å²) in [6.07, 6.45) is -0.0236. The van der Waals surface area contributed by atoms with Gasteiger partial charge in [-0.15, -0.1) is 0 Å². The number of aliphatic hydroxyl groups is 1. The summed E-state index contributed by atoms with van der Waals surface area (Å²) in [6, 6.07) is 9.88. The lowest BCUT2D eigenvalue weighted by molar-refractivity contribution is 0.156. The van der Waals surface area contributed by atoms with Crippen LogP contribution in [0.5, 0.6) is 0 Å². The second kappa shape index (κ2) is 4.78. The Bertz CT molecular complexity index is 340. The summed E-state index contributed by atoms with van der Waals surface area (Å²) in [4.78, 5) is 0. The molecule has 0 fully saturated rings. The third kappa shape index (κ3) is 2.86. The highest BCUT2D eigenvalue weighted by molar-refractivity contribution is 5.24. The van der Waals surface area contributed by atoms with Crippen LogP contribution in [0.2, 0.25) is 0 Å². The van der Waals surface area contributed by atoms with Gasteiger partial charge in [-0.25, -0.2) is 0 Å². The number of nitrogens with zero attached hydrogens (tertiary/aromatic N) is 1. The molecule has 2 unspecified atom stereocenters. The molecule has 0 heterocycles. The van der Waals surface area contributed by atoms with Crippen LogP contribution in [0.4, 0.5) is 0 Å². The zero-order valence-electron chi connectivity index (χ0n) is 8.57. The van der Waals surface area contributed by atoms with Gasteiger partial charge >= 0.3 is 0 Å². The first-order valence-corrected chi connectivity index (χ1v) is 4.77. The molecule has 1 aromatic carbocycles. The molecule has 0 amide bonds. The number of aliphatic hydroxyl groups excluding tert-OH is 1. The third-order valence-electron chi connectivity index (χ3n) is 2.22. The minimum absolute atomic E-state index is 0.106. The van der Waals surface area contributed by atoms with Crippen LogP contribution >= 0.6 is 0 Å². The first-order chi connectivity index (χ1) is 6.63. The second-order valence-corrected chi connectivity index (χ2v) is 3.70. The normalized spacial score (nSPS) is 14.4. The number of aryl methyl sites for hydroxylation is 1. The minimum atomic E-state index is -0.524. The Labute approximate surface area is 84.8 Å². The first-order valence-electron chi connectivity index (χ1n) is 4.77. The van der Waals surface area contributed by atoms with Gasteiger partial charge in [0.1, 0.15) is 0 Å². The molecule has 0 aromatic heterocycles. The fourth-order valence-electron chi connectivity index (χ4n) is 1.40. The average Bonchev–Trinajstić information content (AvgIpc) is 2.17. The monoisotopic (exact) mass is 189 g/mol. The van der Waals surface area contributed by atoms with E-state index in [1.807, 2.05) is 38.1 Å². The lowest BCUT2D eigenvalue weighted by Gasteiger charge is -2.12. The van der Waals surface area contributed by atoms with Crippen LogP contribution in [0, 0.1) is 24.2 Å². The molecule has 0 saturated carbocycles. The highest BCUT2D eigenvalue weighted by Gasteiger charge is 2.11. The van der Waals surface area contributed by atoms with E-state index >= 15 is 0 Å². The molecule has 0 aliphatic rings. The maximum atomic E-state index is 9.80. The van der Waals surface area contributed by atoms with Gasteiger partial charge in [0, 0.05) is 5.92 Å². The van der Waals surface area contributed by atoms with E-state index in [0.717, 1.165) is 11.1 Å². The van der Waals surface area contributed by atoms with Gasteiger partial charge < -0.3 is 5.11 Å². The topological polar surface area (TPSA) is 44.0 Å². The number of benzene rings is 1. The quantitative estimate of drug-likeness (QED) is 0.794. The molecule has 2 nitrogen and oxygen atoms in total. The number of rotatable bonds is 3. The predicted octanol–water partition coefficient (Wildman–Crippen LogP) is 2.58. The highest BCUT2D eigenvalue weighted by Crippen LogP contribution is 2.21. The van der Waals surface area contributed by atoms with Crippen molar-refractivity contribution < 1.29 is 5.11 Å². The van der Waals surface area contributed by atoms with Crippen molar-refractivity contribution in [1.29, 1.82) is 5.26 Å². The molecule has 0 bridgehead atoms. The second-order valence-electron chi connectivity index (χ2n) is 3.70. The Kier molecular flexibility index (Phi) is 3.67. The molecule has 14 heavy (non-hydrogen) atoms. The Morgan fingerprint density at radius 3 is 2.79 bits per heavy atom. The molecular formula is C12H15NO. The van der Waals surface area contributed by atoms with Crippen LogP contribution in [0.15, 0.2) is 24.3 Å². The molecule has 74 valence electrons. The summed E-state index contributed by atoms with van der Waals surface area (Å²) in [6.45, 7) is 3.81. The number of hydrogen-bond acceptors (Lipinski definition) is 2. The van der Waals surface area contributed by atoms with E-state index in [9.17, 15) is 5.11 Å². The van der Waals surface area contributed by atoms with E-state index in [4.69, 9.17) is 5.26 Å². The number of hydrogen-bond donors (Lipinski definition) is 1. The van der Waals surface area contributed by atoms with Gasteiger partial charge in [-0.1, -0.05) is 29.8 Å². The van der Waals surface area contributed by atoms with Crippen molar-refractivity contribution in [3.05, 3.63) is 35.4 Å². The van der Waals surface area contributed by atoms with Gasteiger partial charge in [0.05, 0.1) is 12.2 Å². The van der Waals surface area contributed by atoms with E-state index in [2.05, 4.69) is 6.07 Å². The van der Waals surface area contributed by atoms with Crippen molar-refractivity contribution in [3.63, 3.8) is 0 Å². The smallest absolute Gasteiger partial charge is 0.0802 e. The summed E-state index contributed by atoms with van der Waals surface area (Å²) in [5.74, 6) is -0.106. The Balaban J connectivity index is 2.70. The van der Waals surface area contributed by atoms with Crippen LogP contribution in [-0.4, -0.2) is 5.11 Å². The van der Waals surface area contributed by atoms with Crippen molar-refractivity contribution in [2.24, 2.45) is 5.92 Å². The predicted molar refractivity (Wildman–Crippen MR) is 55.5 cm³/mol. The molecule has 1 rings (SSSR count). The highest BCUT2D eigenvalue weighted by atomic mass is 16.3. The van der Waals surface area contributed by atoms with Crippen LogP contribution in [0.1, 0.15) is 30.6 Å². The zero-order valence-corrected chi connectivity index (χ0v) is 8.57. The van der Waals surface area contributed by atoms with E-state index in [1.165, 1.54) is 0 Å².